The van der Waals surface area contributed by atoms with Crippen molar-refractivity contribution in [3.63, 3.8) is 0 Å². The van der Waals surface area contributed by atoms with Crippen LogP contribution in [-0.4, -0.2) is 56.0 Å². The summed E-state index contributed by atoms with van der Waals surface area (Å²) in [6, 6.07) is 14.2. The van der Waals surface area contributed by atoms with E-state index in [1.54, 1.807) is 19.1 Å². The first-order valence-corrected chi connectivity index (χ1v) is 11.1. The summed E-state index contributed by atoms with van der Waals surface area (Å²) < 4.78 is 38.0. The van der Waals surface area contributed by atoms with Crippen LogP contribution in [0.2, 0.25) is 0 Å². The van der Waals surface area contributed by atoms with Crippen LogP contribution in [0.5, 0.6) is 11.5 Å². The van der Waals surface area contributed by atoms with Gasteiger partial charge in [-0.05, 0) is 55.2 Å². The van der Waals surface area contributed by atoms with Crippen molar-refractivity contribution >= 4 is 16.1 Å². The van der Waals surface area contributed by atoms with Gasteiger partial charge in [-0.2, -0.15) is 8.42 Å². The Kier molecular flexibility index (Phi) is 15.8. The van der Waals surface area contributed by atoms with Gasteiger partial charge in [0.2, 0.25) is 0 Å². The van der Waals surface area contributed by atoms with Gasteiger partial charge in [0.05, 0.1) is 12.9 Å². The summed E-state index contributed by atoms with van der Waals surface area (Å²) in [5.74, 6) is -0.0119. The topological polar surface area (TPSA) is 161 Å². The van der Waals surface area contributed by atoms with Gasteiger partial charge < -0.3 is 29.7 Å². The molecule has 0 amide bonds. The van der Waals surface area contributed by atoms with Crippen LogP contribution in [0.15, 0.2) is 48.5 Å². The average Bonchev–Trinajstić information content (AvgIpc) is 2.65. The minimum Gasteiger partial charge on any atom is -0.870 e. The molecule has 32 heavy (non-hydrogen) atoms. The Labute approximate surface area is 200 Å². The molecule has 0 saturated carbocycles. The zero-order valence-electron chi connectivity index (χ0n) is 18.5. The SMILES string of the molecule is CCOC(Cc1cccc(OCCCc2ccc(OS(C)(=O)=O)cc2)c1)C(=O)O.O.[Li+].[OH-]. The third kappa shape index (κ3) is 12.1. The Morgan fingerprint density at radius 2 is 1.72 bits per heavy atom. The third-order valence-corrected chi connectivity index (χ3v) is 4.51. The monoisotopic (exact) mass is 464 g/mol. The van der Waals surface area contributed by atoms with Crippen molar-refractivity contribution in [3.8, 4) is 11.5 Å². The van der Waals surface area contributed by atoms with Crippen LogP contribution in [-0.2, 0) is 32.5 Å². The largest absolute Gasteiger partial charge is 1.00 e. The van der Waals surface area contributed by atoms with Crippen molar-refractivity contribution in [1.82, 2.24) is 0 Å². The summed E-state index contributed by atoms with van der Waals surface area (Å²) >= 11 is 0. The summed E-state index contributed by atoms with van der Waals surface area (Å²) in [6.07, 6.45) is 1.95. The molecule has 2 aromatic rings. The fourth-order valence-electron chi connectivity index (χ4n) is 2.75. The van der Waals surface area contributed by atoms with Crippen LogP contribution in [0.3, 0.4) is 0 Å². The van der Waals surface area contributed by atoms with E-state index in [0.717, 1.165) is 30.2 Å². The Bertz CT molecular complexity index is 902. The molecule has 0 aliphatic heterocycles. The average molecular weight is 464 g/mol. The van der Waals surface area contributed by atoms with Crippen LogP contribution in [0, 0.1) is 0 Å². The maximum absolute atomic E-state index is 11.2. The first-order valence-electron chi connectivity index (χ1n) is 9.31. The molecule has 0 spiro atoms. The number of hydrogen-bond acceptors (Lipinski definition) is 7. The quantitative estimate of drug-likeness (QED) is 0.239. The normalized spacial score (nSPS) is 11.2. The molecular formula is C21H29LiO9S. The molecule has 0 aliphatic rings. The number of aliphatic carboxylic acids is 1. The standard InChI is InChI=1S/C21H26O7S.Li.2H2O/c1-3-26-20(21(22)23)15-17-6-4-8-19(14-17)27-13-5-7-16-9-11-18(12-10-16)28-29(2,24)25;;;/h4,6,8-12,14,20H,3,5,7,13,15H2,1-2H3,(H,22,23);;2*1H2/q;+1;;/p-1. The molecule has 174 valence electrons. The Morgan fingerprint density at radius 1 is 1.06 bits per heavy atom. The predicted octanol–water partition coefficient (Wildman–Crippen LogP) is -0.929. The summed E-state index contributed by atoms with van der Waals surface area (Å²) in [7, 11) is -3.52. The Balaban J connectivity index is 0. The number of carboxylic acids is 1. The summed E-state index contributed by atoms with van der Waals surface area (Å²) in [6.45, 7) is 2.61. The van der Waals surface area contributed by atoms with Gasteiger partial charge >= 0.3 is 34.9 Å². The predicted molar refractivity (Wildman–Crippen MR) is 114 cm³/mol. The molecule has 4 N–H and O–H groups in total. The number of carbonyl (C=O) groups is 1. The van der Waals surface area contributed by atoms with Gasteiger partial charge in [0.1, 0.15) is 11.5 Å². The van der Waals surface area contributed by atoms with Gasteiger partial charge in [0, 0.05) is 13.0 Å². The van der Waals surface area contributed by atoms with Crippen LogP contribution in [0.1, 0.15) is 24.5 Å². The molecule has 0 radical (unpaired) electrons. The third-order valence-electron chi connectivity index (χ3n) is 4.01. The van der Waals surface area contributed by atoms with E-state index in [1.165, 1.54) is 0 Å². The molecule has 0 bridgehead atoms. The van der Waals surface area contributed by atoms with Gasteiger partial charge in [-0.15, -0.1) is 0 Å². The maximum Gasteiger partial charge on any atom is 1.00 e. The molecule has 9 nitrogen and oxygen atoms in total. The van der Waals surface area contributed by atoms with E-state index in [-0.39, 0.29) is 42.0 Å². The van der Waals surface area contributed by atoms with E-state index in [9.17, 15) is 18.3 Å². The molecule has 1 unspecified atom stereocenters. The number of rotatable bonds is 12. The maximum atomic E-state index is 11.2. The summed E-state index contributed by atoms with van der Waals surface area (Å²) in [5.41, 5.74) is 1.88. The van der Waals surface area contributed by atoms with Crippen LogP contribution in [0.25, 0.3) is 0 Å². The molecule has 2 aromatic carbocycles. The van der Waals surface area contributed by atoms with E-state index in [0.29, 0.717) is 19.0 Å². The molecule has 11 heteroatoms. The molecule has 0 aliphatic carbocycles. The van der Waals surface area contributed by atoms with Gasteiger partial charge in [0.25, 0.3) is 0 Å². The molecule has 0 fully saturated rings. The number of benzene rings is 2. The summed E-state index contributed by atoms with van der Waals surface area (Å²) in [4.78, 5) is 11.2. The van der Waals surface area contributed by atoms with Crippen LogP contribution >= 0.6 is 0 Å². The van der Waals surface area contributed by atoms with E-state index in [2.05, 4.69) is 0 Å². The minimum absolute atomic E-state index is 0. The van der Waals surface area contributed by atoms with Gasteiger partial charge in [-0.1, -0.05) is 24.3 Å². The van der Waals surface area contributed by atoms with Crippen LogP contribution < -0.4 is 27.8 Å². The van der Waals surface area contributed by atoms with E-state index in [4.69, 9.17) is 13.7 Å². The Morgan fingerprint density at radius 3 is 2.28 bits per heavy atom. The smallest absolute Gasteiger partial charge is 0.870 e. The van der Waals surface area contributed by atoms with Crippen LogP contribution in [0.4, 0.5) is 0 Å². The van der Waals surface area contributed by atoms with Crippen molar-refractivity contribution < 1.29 is 61.8 Å². The first kappa shape index (κ1) is 32.1. The van der Waals surface area contributed by atoms with Gasteiger partial charge in [-0.3, -0.25) is 0 Å². The van der Waals surface area contributed by atoms with E-state index < -0.39 is 22.2 Å². The second-order valence-corrected chi connectivity index (χ2v) is 8.09. The zero-order valence-corrected chi connectivity index (χ0v) is 19.3. The van der Waals surface area contributed by atoms with Crippen molar-refractivity contribution in [2.24, 2.45) is 0 Å². The van der Waals surface area contributed by atoms with Gasteiger partial charge in [0.15, 0.2) is 6.10 Å². The molecule has 0 heterocycles. The van der Waals surface area contributed by atoms with Crippen molar-refractivity contribution in [1.29, 1.82) is 0 Å². The second kappa shape index (κ2) is 15.7. The number of aryl methyl sites for hydroxylation is 1. The van der Waals surface area contributed by atoms with E-state index in [1.807, 2.05) is 36.4 Å². The number of hydrogen-bond donors (Lipinski definition) is 1. The zero-order chi connectivity index (χ0) is 21.3. The summed E-state index contributed by atoms with van der Waals surface area (Å²) in [5, 5.41) is 9.20. The fraction of sp³-hybridized carbons (Fsp3) is 0.381. The Hall–Kier alpha value is -2.06. The molecular weight excluding hydrogens is 435 g/mol. The first-order chi connectivity index (χ1) is 13.8. The van der Waals surface area contributed by atoms with Crippen molar-refractivity contribution in [2.75, 3.05) is 19.5 Å². The number of carboxylic acid groups (broad SMARTS) is 1. The van der Waals surface area contributed by atoms with Gasteiger partial charge in [-0.25, -0.2) is 4.79 Å². The van der Waals surface area contributed by atoms with Crippen molar-refractivity contribution in [2.45, 2.75) is 32.3 Å². The minimum atomic E-state index is -3.52. The van der Waals surface area contributed by atoms with E-state index >= 15 is 0 Å². The molecule has 1 atom stereocenters. The molecule has 0 saturated heterocycles. The van der Waals surface area contributed by atoms with Crippen molar-refractivity contribution in [3.05, 3.63) is 59.7 Å². The molecule has 0 aromatic heterocycles. The molecule has 2 rings (SSSR count). The second-order valence-electron chi connectivity index (χ2n) is 6.52. The fourth-order valence-corrected chi connectivity index (χ4v) is 3.21. The number of ether oxygens (including phenoxy) is 2.